The van der Waals surface area contributed by atoms with Crippen LogP contribution >= 0.6 is 22.7 Å². The minimum absolute atomic E-state index is 0.429. The topological polar surface area (TPSA) is 53.5 Å². The second-order valence-electron chi connectivity index (χ2n) is 6.12. The molecule has 0 aliphatic carbocycles. The fourth-order valence-corrected chi connectivity index (χ4v) is 6.37. The lowest BCUT2D eigenvalue weighted by atomic mass is 10.2. The Morgan fingerprint density at radius 1 is 0.962 bits per heavy atom. The van der Waals surface area contributed by atoms with Crippen LogP contribution < -0.4 is 0 Å². The second-order valence-corrected chi connectivity index (χ2v) is 10.1. The maximum atomic E-state index is 12.6. The van der Waals surface area contributed by atoms with Crippen LogP contribution in [-0.2, 0) is 16.6 Å². The van der Waals surface area contributed by atoms with Gasteiger partial charge in [0.15, 0.2) is 0 Å². The predicted molar refractivity (Wildman–Crippen MR) is 106 cm³/mol. The summed E-state index contributed by atoms with van der Waals surface area (Å²) >= 11 is 2.93. The summed E-state index contributed by atoms with van der Waals surface area (Å²) in [4.78, 5) is 7.00. The summed E-state index contributed by atoms with van der Waals surface area (Å²) in [5.74, 6) is 0. The molecule has 1 fully saturated rings. The molecule has 0 atom stereocenters. The molecule has 1 saturated heterocycles. The van der Waals surface area contributed by atoms with E-state index in [2.05, 4.69) is 22.4 Å². The first-order valence-corrected chi connectivity index (χ1v) is 11.6. The van der Waals surface area contributed by atoms with E-state index >= 15 is 0 Å². The molecule has 1 aliphatic heterocycles. The standard InChI is InChI=1S/C18H19N3O2S3/c22-26(23,17-7-4-12-24-17)21-10-8-20(9-11-21)13-16-14-25-18(19-16)15-5-2-1-3-6-15/h1-7,12,14H,8-11,13H2. The van der Waals surface area contributed by atoms with Gasteiger partial charge in [0.05, 0.1) is 5.69 Å². The first-order valence-electron chi connectivity index (χ1n) is 8.39. The fraction of sp³-hybridized carbons (Fsp3) is 0.278. The van der Waals surface area contributed by atoms with Crippen molar-refractivity contribution in [1.29, 1.82) is 0 Å². The largest absolute Gasteiger partial charge is 0.295 e. The molecule has 1 aliphatic rings. The van der Waals surface area contributed by atoms with Crippen LogP contribution in [0.15, 0.2) is 57.4 Å². The Bertz CT molecular complexity index is 945. The third kappa shape index (κ3) is 3.74. The molecule has 2 aromatic heterocycles. The molecule has 0 N–H and O–H groups in total. The van der Waals surface area contributed by atoms with E-state index in [1.807, 2.05) is 18.2 Å². The van der Waals surface area contributed by atoms with E-state index in [0.717, 1.165) is 35.9 Å². The Morgan fingerprint density at radius 3 is 2.42 bits per heavy atom. The number of rotatable bonds is 5. The van der Waals surface area contributed by atoms with E-state index in [9.17, 15) is 8.42 Å². The Kier molecular flexibility index (Phi) is 5.19. The number of aromatic nitrogens is 1. The summed E-state index contributed by atoms with van der Waals surface area (Å²) in [7, 11) is -3.34. The molecule has 4 rings (SSSR count). The molecular weight excluding hydrogens is 386 g/mol. The van der Waals surface area contributed by atoms with Gasteiger partial charge in [-0.25, -0.2) is 13.4 Å². The molecule has 26 heavy (non-hydrogen) atoms. The van der Waals surface area contributed by atoms with Crippen molar-refractivity contribution in [1.82, 2.24) is 14.2 Å². The Balaban J connectivity index is 1.37. The molecule has 5 nitrogen and oxygen atoms in total. The minimum Gasteiger partial charge on any atom is -0.295 e. The van der Waals surface area contributed by atoms with Gasteiger partial charge in [-0.05, 0) is 11.4 Å². The smallest absolute Gasteiger partial charge is 0.252 e. The molecule has 1 aromatic carbocycles. The summed E-state index contributed by atoms with van der Waals surface area (Å²) in [6.45, 7) is 3.26. The van der Waals surface area contributed by atoms with Gasteiger partial charge in [-0.1, -0.05) is 36.4 Å². The van der Waals surface area contributed by atoms with Crippen molar-refractivity contribution < 1.29 is 8.42 Å². The van der Waals surface area contributed by atoms with Crippen LogP contribution in [0.4, 0.5) is 0 Å². The quantitative estimate of drug-likeness (QED) is 0.653. The molecule has 3 aromatic rings. The van der Waals surface area contributed by atoms with Crippen LogP contribution in [-0.4, -0.2) is 48.8 Å². The normalized spacial score (nSPS) is 16.8. The Hall–Kier alpha value is -1.58. The molecule has 0 bridgehead atoms. The molecule has 136 valence electrons. The van der Waals surface area contributed by atoms with Crippen LogP contribution in [0.5, 0.6) is 0 Å². The van der Waals surface area contributed by atoms with Gasteiger partial charge < -0.3 is 0 Å². The van der Waals surface area contributed by atoms with Crippen molar-refractivity contribution in [3.8, 4) is 10.6 Å². The zero-order valence-electron chi connectivity index (χ0n) is 14.1. The first-order chi connectivity index (χ1) is 12.6. The van der Waals surface area contributed by atoms with E-state index in [0.29, 0.717) is 17.3 Å². The number of hydrogen-bond acceptors (Lipinski definition) is 6. The molecular formula is C18H19N3O2S3. The third-order valence-electron chi connectivity index (χ3n) is 4.38. The highest BCUT2D eigenvalue weighted by Gasteiger charge is 2.29. The van der Waals surface area contributed by atoms with Crippen molar-refractivity contribution in [2.24, 2.45) is 0 Å². The number of piperazine rings is 1. The van der Waals surface area contributed by atoms with Crippen LogP contribution in [0, 0.1) is 0 Å². The summed E-state index contributed by atoms with van der Waals surface area (Å²) in [5.41, 5.74) is 2.18. The number of nitrogens with zero attached hydrogens (tertiary/aromatic N) is 3. The number of hydrogen-bond donors (Lipinski definition) is 0. The SMILES string of the molecule is O=S(=O)(c1cccs1)N1CCN(Cc2csc(-c3ccccc3)n2)CC1. The number of sulfonamides is 1. The molecule has 3 heterocycles. The maximum Gasteiger partial charge on any atom is 0.252 e. The van der Waals surface area contributed by atoms with Gasteiger partial charge >= 0.3 is 0 Å². The first kappa shape index (κ1) is 17.8. The summed E-state index contributed by atoms with van der Waals surface area (Å²) in [6, 6.07) is 13.6. The number of thiazole rings is 1. The van der Waals surface area contributed by atoms with Gasteiger partial charge in [0.1, 0.15) is 9.22 Å². The van der Waals surface area contributed by atoms with Gasteiger partial charge in [-0.15, -0.1) is 22.7 Å². The van der Waals surface area contributed by atoms with Crippen molar-refractivity contribution in [2.45, 2.75) is 10.8 Å². The summed E-state index contributed by atoms with van der Waals surface area (Å²) in [6.07, 6.45) is 0. The lowest BCUT2D eigenvalue weighted by Gasteiger charge is -2.33. The predicted octanol–water partition coefficient (Wildman–Crippen LogP) is 3.38. The van der Waals surface area contributed by atoms with Gasteiger partial charge in [0.2, 0.25) is 0 Å². The second kappa shape index (κ2) is 7.58. The van der Waals surface area contributed by atoms with Gasteiger partial charge in [-0.2, -0.15) is 4.31 Å². The van der Waals surface area contributed by atoms with E-state index < -0.39 is 10.0 Å². The zero-order chi connectivity index (χ0) is 18.0. The van der Waals surface area contributed by atoms with Gasteiger partial charge in [-0.3, -0.25) is 4.90 Å². The third-order valence-corrected chi connectivity index (χ3v) is 8.59. The average Bonchev–Trinajstić information content (AvgIpc) is 3.35. The molecule has 0 amide bonds. The molecule has 0 radical (unpaired) electrons. The van der Waals surface area contributed by atoms with E-state index in [-0.39, 0.29) is 0 Å². The Morgan fingerprint density at radius 2 is 1.73 bits per heavy atom. The average molecular weight is 406 g/mol. The number of benzene rings is 1. The van der Waals surface area contributed by atoms with Crippen molar-refractivity contribution in [2.75, 3.05) is 26.2 Å². The zero-order valence-corrected chi connectivity index (χ0v) is 16.6. The van der Waals surface area contributed by atoms with Crippen LogP contribution in [0.3, 0.4) is 0 Å². The van der Waals surface area contributed by atoms with Crippen LogP contribution in [0.2, 0.25) is 0 Å². The summed E-state index contributed by atoms with van der Waals surface area (Å²) < 4.78 is 27.2. The number of thiophene rings is 1. The molecule has 0 saturated carbocycles. The lowest BCUT2D eigenvalue weighted by Crippen LogP contribution is -2.48. The highest BCUT2D eigenvalue weighted by molar-refractivity contribution is 7.91. The van der Waals surface area contributed by atoms with E-state index in [1.54, 1.807) is 33.2 Å². The lowest BCUT2D eigenvalue weighted by molar-refractivity contribution is 0.180. The van der Waals surface area contributed by atoms with Gasteiger partial charge in [0, 0.05) is 43.7 Å². The van der Waals surface area contributed by atoms with Crippen LogP contribution in [0.1, 0.15) is 5.69 Å². The maximum absolute atomic E-state index is 12.6. The van der Waals surface area contributed by atoms with Crippen LogP contribution in [0.25, 0.3) is 10.6 Å². The fourth-order valence-electron chi connectivity index (χ4n) is 2.99. The van der Waals surface area contributed by atoms with Crippen molar-refractivity contribution >= 4 is 32.7 Å². The molecule has 0 spiro atoms. The highest BCUT2D eigenvalue weighted by atomic mass is 32.2. The van der Waals surface area contributed by atoms with Crippen molar-refractivity contribution in [3.63, 3.8) is 0 Å². The highest BCUT2D eigenvalue weighted by Crippen LogP contribution is 2.25. The Labute approximate surface area is 161 Å². The van der Waals surface area contributed by atoms with Gasteiger partial charge in [0.25, 0.3) is 10.0 Å². The summed E-state index contributed by atoms with van der Waals surface area (Å²) in [5, 5.41) is 4.92. The van der Waals surface area contributed by atoms with Crippen molar-refractivity contribution in [3.05, 3.63) is 58.9 Å². The van der Waals surface area contributed by atoms with E-state index in [1.165, 1.54) is 11.3 Å². The monoisotopic (exact) mass is 405 g/mol. The minimum atomic E-state index is -3.34. The molecule has 8 heteroatoms. The van der Waals surface area contributed by atoms with E-state index in [4.69, 9.17) is 4.98 Å². The molecule has 0 unspecified atom stereocenters.